The zero-order valence-electron chi connectivity index (χ0n) is 27.7. The number of sulfonamides is 1. The van der Waals surface area contributed by atoms with Crippen LogP contribution in [0.1, 0.15) is 37.0 Å². The summed E-state index contributed by atoms with van der Waals surface area (Å²) in [5.74, 6) is -0.614. The number of benzene rings is 4. The van der Waals surface area contributed by atoms with Gasteiger partial charge in [-0.1, -0.05) is 67.1 Å². The molecule has 0 aliphatic carbocycles. The molecule has 2 atom stereocenters. The van der Waals surface area contributed by atoms with Crippen LogP contribution in [0.5, 0.6) is 5.75 Å². The number of carbonyl (C=O) groups is 2. The van der Waals surface area contributed by atoms with Crippen molar-refractivity contribution in [3.63, 3.8) is 0 Å². The van der Waals surface area contributed by atoms with Crippen LogP contribution in [0.3, 0.4) is 0 Å². The number of amides is 2. The quantitative estimate of drug-likeness (QED) is 0.113. The lowest BCUT2D eigenvalue weighted by molar-refractivity contribution is -0.385. The van der Waals surface area contributed by atoms with Crippen molar-refractivity contribution in [1.82, 2.24) is 10.2 Å². The summed E-state index contributed by atoms with van der Waals surface area (Å²) in [5.41, 5.74) is 1.48. The molecule has 4 aromatic rings. The molecular formula is C36H39ClN4O7S. The second-order valence-corrected chi connectivity index (χ2v) is 13.9. The summed E-state index contributed by atoms with van der Waals surface area (Å²) in [6, 6.07) is 24.5. The molecular weight excluding hydrogens is 668 g/mol. The Bertz CT molecular complexity index is 1870. The monoisotopic (exact) mass is 706 g/mol. The van der Waals surface area contributed by atoms with Gasteiger partial charge < -0.3 is 15.0 Å². The van der Waals surface area contributed by atoms with Crippen LogP contribution in [-0.2, 0) is 32.6 Å². The van der Waals surface area contributed by atoms with Gasteiger partial charge in [0.05, 0.1) is 22.6 Å². The Balaban J connectivity index is 1.84. The molecule has 0 heterocycles. The molecule has 0 aliphatic rings. The van der Waals surface area contributed by atoms with E-state index in [1.54, 1.807) is 36.4 Å². The molecule has 0 radical (unpaired) electrons. The highest BCUT2D eigenvalue weighted by Gasteiger charge is 2.35. The highest BCUT2D eigenvalue weighted by molar-refractivity contribution is 7.92. The highest BCUT2D eigenvalue weighted by atomic mass is 35.5. The fourth-order valence-electron chi connectivity index (χ4n) is 5.13. The van der Waals surface area contributed by atoms with E-state index < -0.39 is 39.3 Å². The van der Waals surface area contributed by atoms with E-state index in [1.807, 2.05) is 44.2 Å². The van der Waals surface area contributed by atoms with Crippen molar-refractivity contribution in [2.24, 2.45) is 0 Å². The van der Waals surface area contributed by atoms with Crippen LogP contribution >= 0.6 is 11.6 Å². The predicted octanol–water partition coefficient (Wildman–Crippen LogP) is 6.32. The summed E-state index contributed by atoms with van der Waals surface area (Å²) in [5, 5.41) is 15.2. The number of methoxy groups -OCH3 is 1. The van der Waals surface area contributed by atoms with Crippen LogP contribution in [0.2, 0.25) is 5.02 Å². The van der Waals surface area contributed by atoms with E-state index in [-0.39, 0.29) is 40.8 Å². The number of anilines is 1. The number of nitro groups is 1. The molecule has 2 amide bonds. The third-order valence-electron chi connectivity index (χ3n) is 8.14. The zero-order chi connectivity index (χ0) is 35.7. The van der Waals surface area contributed by atoms with Crippen molar-refractivity contribution in [3.8, 4) is 5.75 Å². The normalized spacial score (nSPS) is 12.4. The Labute approximate surface area is 291 Å². The van der Waals surface area contributed by atoms with E-state index in [1.165, 1.54) is 43.2 Å². The van der Waals surface area contributed by atoms with E-state index in [0.717, 1.165) is 15.9 Å². The molecule has 0 saturated heterocycles. The van der Waals surface area contributed by atoms with E-state index in [4.69, 9.17) is 16.3 Å². The minimum Gasteiger partial charge on any atom is -0.497 e. The Morgan fingerprint density at radius 2 is 1.61 bits per heavy atom. The van der Waals surface area contributed by atoms with Gasteiger partial charge in [0.15, 0.2) is 0 Å². The van der Waals surface area contributed by atoms with E-state index >= 15 is 0 Å². The molecule has 4 rings (SSSR count). The maximum atomic E-state index is 14.6. The average Bonchev–Trinajstić information content (AvgIpc) is 3.09. The number of ether oxygens (including phenoxy) is 1. The Morgan fingerprint density at radius 1 is 0.959 bits per heavy atom. The Hall–Kier alpha value is -4.94. The first-order valence-corrected chi connectivity index (χ1v) is 17.5. The van der Waals surface area contributed by atoms with Gasteiger partial charge in [0.1, 0.15) is 18.3 Å². The van der Waals surface area contributed by atoms with Crippen molar-refractivity contribution in [3.05, 3.63) is 129 Å². The number of rotatable bonds is 15. The molecule has 49 heavy (non-hydrogen) atoms. The molecule has 258 valence electrons. The first-order valence-electron chi connectivity index (χ1n) is 15.6. The van der Waals surface area contributed by atoms with Gasteiger partial charge in [0.25, 0.3) is 15.7 Å². The van der Waals surface area contributed by atoms with Crippen LogP contribution in [0.4, 0.5) is 11.4 Å². The zero-order valence-corrected chi connectivity index (χ0v) is 29.3. The van der Waals surface area contributed by atoms with Gasteiger partial charge in [-0.2, -0.15) is 0 Å². The van der Waals surface area contributed by atoms with Gasteiger partial charge in [0, 0.05) is 35.7 Å². The average molecular weight is 707 g/mol. The largest absolute Gasteiger partial charge is 0.497 e. The van der Waals surface area contributed by atoms with Crippen molar-refractivity contribution < 1.29 is 27.7 Å². The minimum atomic E-state index is -4.56. The summed E-state index contributed by atoms with van der Waals surface area (Å²) in [6.07, 6.45) is 0.809. The van der Waals surface area contributed by atoms with E-state index in [9.17, 15) is 28.1 Å². The van der Waals surface area contributed by atoms with Crippen molar-refractivity contribution in [2.45, 2.75) is 57.1 Å². The topological polar surface area (TPSA) is 139 Å². The number of hydrogen-bond donors (Lipinski definition) is 1. The molecule has 11 nitrogen and oxygen atoms in total. The van der Waals surface area contributed by atoms with Crippen LogP contribution in [0.25, 0.3) is 0 Å². The molecule has 2 unspecified atom stereocenters. The van der Waals surface area contributed by atoms with Crippen molar-refractivity contribution in [1.29, 1.82) is 0 Å². The molecule has 0 bridgehead atoms. The number of nitrogens with one attached hydrogen (secondary N) is 1. The number of nitrogens with zero attached hydrogens (tertiary/aromatic N) is 3. The molecule has 0 aliphatic heterocycles. The highest BCUT2D eigenvalue weighted by Crippen LogP contribution is 2.30. The number of hydrogen-bond acceptors (Lipinski definition) is 7. The summed E-state index contributed by atoms with van der Waals surface area (Å²) in [7, 11) is -3.10. The summed E-state index contributed by atoms with van der Waals surface area (Å²) in [6.45, 7) is 4.55. The maximum absolute atomic E-state index is 14.6. The molecule has 13 heteroatoms. The summed E-state index contributed by atoms with van der Waals surface area (Å²) >= 11 is 6.14. The molecule has 0 saturated carbocycles. The minimum absolute atomic E-state index is 0.0338. The van der Waals surface area contributed by atoms with Crippen LogP contribution in [0, 0.1) is 17.0 Å². The molecule has 0 fully saturated rings. The lowest BCUT2D eigenvalue weighted by Gasteiger charge is -2.34. The molecule has 4 aromatic carbocycles. The van der Waals surface area contributed by atoms with Crippen molar-refractivity contribution >= 4 is 44.8 Å². The van der Waals surface area contributed by atoms with E-state index in [0.29, 0.717) is 22.8 Å². The lowest BCUT2D eigenvalue weighted by atomic mass is 10.0. The number of halogens is 1. The summed E-state index contributed by atoms with van der Waals surface area (Å²) in [4.78, 5) is 40.6. The number of carbonyl (C=O) groups excluding carboxylic acids is 2. The lowest BCUT2D eigenvalue weighted by Crippen LogP contribution is -2.54. The first-order chi connectivity index (χ1) is 23.3. The van der Waals surface area contributed by atoms with Crippen LogP contribution in [-0.4, -0.2) is 55.8 Å². The maximum Gasteiger partial charge on any atom is 0.273 e. The summed E-state index contributed by atoms with van der Waals surface area (Å²) < 4.78 is 34.8. The number of nitro benzene ring substituents is 1. The molecule has 0 aromatic heterocycles. The van der Waals surface area contributed by atoms with Gasteiger partial charge in [0.2, 0.25) is 11.8 Å². The fourth-order valence-corrected chi connectivity index (χ4v) is 6.69. The molecule has 0 spiro atoms. The SMILES string of the molecule is CCC(C)NC(=O)C(Cc1ccccc1)N(Cc1ccc(Cl)cc1)C(=O)CN(c1ccc(OC)cc1)S(=O)(=O)c1ccc(C)c([N+](=O)[O-])c1. The smallest absolute Gasteiger partial charge is 0.273 e. The van der Waals surface area contributed by atoms with Gasteiger partial charge in [-0.3, -0.25) is 24.0 Å². The fraction of sp³-hybridized carbons (Fsp3) is 0.278. The number of aryl methyl sites for hydroxylation is 1. The van der Waals surface area contributed by atoms with Crippen LogP contribution < -0.4 is 14.4 Å². The van der Waals surface area contributed by atoms with Gasteiger partial charge in [-0.15, -0.1) is 0 Å². The second-order valence-electron chi connectivity index (χ2n) is 11.6. The van der Waals surface area contributed by atoms with E-state index in [2.05, 4.69) is 5.32 Å². The van der Waals surface area contributed by atoms with Gasteiger partial charge in [-0.25, -0.2) is 8.42 Å². The Morgan fingerprint density at radius 3 is 2.20 bits per heavy atom. The first kappa shape index (κ1) is 36.9. The molecule has 1 N–H and O–H groups in total. The predicted molar refractivity (Wildman–Crippen MR) is 189 cm³/mol. The van der Waals surface area contributed by atoms with Gasteiger partial charge >= 0.3 is 0 Å². The second kappa shape index (κ2) is 16.4. The third kappa shape index (κ3) is 9.36. The standard InChI is InChI=1S/C36H39ClN4O7S/c1-5-26(3)38-36(43)34(21-27-9-7-6-8-10-27)39(23-28-12-14-29(37)15-13-28)35(42)24-40(30-16-18-31(48-4)19-17-30)49(46,47)32-20-11-25(2)33(22-32)41(44)45/h6-20,22,26,34H,5,21,23-24H2,1-4H3,(H,38,43). The third-order valence-corrected chi connectivity index (χ3v) is 10.2. The van der Waals surface area contributed by atoms with Crippen molar-refractivity contribution in [2.75, 3.05) is 18.0 Å². The van der Waals surface area contributed by atoms with Gasteiger partial charge in [-0.05, 0) is 73.9 Å². The van der Waals surface area contributed by atoms with Crippen LogP contribution in [0.15, 0.2) is 102 Å². The Kier molecular flexibility index (Phi) is 12.4.